The summed E-state index contributed by atoms with van der Waals surface area (Å²) in [4.78, 5) is 36.0. The number of carbonyl (C=O) groups is 3. The van der Waals surface area contributed by atoms with Crippen LogP contribution in [-0.4, -0.2) is 37.5 Å². The predicted octanol–water partition coefficient (Wildman–Crippen LogP) is 2.06. The summed E-state index contributed by atoms with van der Waals surface area (Å²) < 4.78 is 10.6. The predicted molar refractivity (Wildman–Crippen MR) is 117 cm³/mol. The molecule has 3 N–H and O–H groups in total. The Kier molecular flexibility index (Phi) is 8.63. The molecule has 0 radical (unpaired) electrons. The van der Waals surface area contributed by atoms with Gasteiger partial charge in [0.2, 0.25) is 5.91 Å². The van der Waals surface area contributed by atoms with Gasteiger partial charge in [-0.3, -0.25) is 25.2 Å². The van der Waals surface area contributed by atoms with Crippen molar-refractivity contribution in [2.45, 2.75) is 26.8 Å². The molecule has 8 nitrogen and oxygen atoms in total. The third-order valence-corrected chi connectivity index (χ3v) is 4.32. The van der Waals surface area contributed by atoms with E-state index in [4.69, 9.17) is 9.47 Å². The van der Waals surface area contributed by atoms with Gasteiger partial charge in [-0.2, -0.15) is 0 Å². The Morgan fingerprint density at radius 2 is 1.74 bits per heavy atom. The van der Waals surface area contributed by atoms with Crippen LogP contribution in [0.2, 0.25) is 0 Å². The van der Waals surface area contributed by atoms with Crippen molar-refractivity contribution in [2.24, 2.45) is 0 Å². The number of ether oxygens (including phenoxy) is 2. The SMILES string of the molecule is COc1ccc(/C=C/C(=O)NC(C)C(=O)NNC(=O)COc2cc(C)ccc2C)cc1. The maximum Gasteiger partial charge on any atom is 0.276 e. The summed E-state index contributed by atoms with van der Waals surface area (Å²) >= 11 is 0. The number of hydrogen-bond donors (Lipinski definition) is 3. The number of nitrogens with one attached hydrogen (secondary N) is 3. The Morgan fingerprint density at radius 1 is 1.03 bits per heavy atom. The molecule has 0 aliphatic rings. The Morgan fingerprint density at radius 3 is 2.42 bits per heavy atom. The van der Waals surface area contributed by atoms with Gasteiger partial charge < -0.3 is 14.8 Å². The topological polar surface area (TPSA) is 106 Å². The molecule has 2 aromatic rings. The maximum atomic E-state index is 12.1. The van der Waals surface area contributed by atoms with Crippen LogP contribution in [0.4, 0.5) is 0 Å². The third kappa shape index (κ3) is 7.85. The van der Waals surface area contributed by atoms with Crippen molar-refractivity contribution in [1.29, 1.82) is 0 Å². The highest BCUT2D eigenvalue weighted by Crippen LogP contribution is 2.18. The molecular formula is C23H27N3O5. The molecule has 0 saturated heterocycles. The van der Waals surface area contributed by atoms with E-state index in [1.165, 1.54) is 13.0 Å². The van der Waals surface area contributed by atoms with Crippen LogP contribution >= 0.6 is 0 Å². The fraction of sp³-hybridized carbons (Fsp3) is 0.261. The Balaban J connectivity index is 1.74. The number of aryl methyl sites for hydroxylation is 2. The summed E-state index contributed by atoms with van der Waals surface area (Å²) in [6, 6.07) is 12.0. The van der Waals surface area contributed by atoms with Crippen LogP contribution < -0.4 is 25.6 Å². The summed E-state index contributed by atoms with van der Waals surface area (Å²) in [6.45, 7) is 5.06. The number of amides is 3. The zero-order valence-corrected chi connectivity index (χ0v) is 18.0. The van der Waals surface area contributed by atoms with Crippen LogP contribution in [0.5, 0.6) is 11.5 Å². The Hall–Kier alpha value is -3.81. The second-order valence-electron chi connectivity index (χ2n) is 6.93. The molecule has 0 aliphatic carbocycles. The number of benzene rings is 2. The average Bonchev–Trinajstić information content (AvgIpc) is 2.76. The van der Waals surface area contributed by atoms with Crippen molar-refractivity contribution in [2.75, 3.05) is 13.7 Å². The van der Waals surface area contributed by atoms with Crippen LogP contribution in [0.1, 0.15) is 23.6 Å². The van der Waals surface area contributed by atoms with Gasteiger partial charge in [0.25, 0.3) is 11.8 Å². The molecule has 0 aromatic heterocycles. The van der Waals surface area contributed by atoms with Crippen LogP contribution in [-0.2, 0) is 14.4 Å². The molecule has 0 spiro atoms. The van der Waals surface area contributed by atoms with E-state index in [2.05, 4.69) is 16.2 Å². The van der Waals surface area contributed by atoms with Crippen molar-refractivity contribution in [3.05, 3.63) is 65.2 Å². The molecule has 0 bridgehead atoms. The van der Waals surface area contributed by atoms with E-state index >= 15 is 0 Å². The zero-order valence-electron chi connectivity index (χ0n) is 18.0. The van der Waals surface area contributed by atoms with E-state index in [-0.39, 0.29) is 6.61 Å². The molecule has 164 valence electrons. The first-order valence-corrected chi connectivity index (χ1v) is 9.70. The fourth-order valence-electron chi connectivity index (χ4n) is 2.50. The van der Waals surface area contributed by atoms with Crippen LogP contribution in [0.15, 0.2) is 48.5 Å². The molecule has 31 heavy (non-hydrogen) atoms. The van der Waals surface area contributed by atoms with Crippen molar-refractivity contribution in [3.8, 4) is 11.5 Å². The Labute approximate surface area is 181 Å². The summed E-state index contributed by atoms with van der Waals surface area (Å²) in [5.41, 5.74) is 7.26. The lowest BCUT2D eigenvalue weighted by Gasteiger charge is -2.14. The van der Waals surface area contributed by atoms with Crippen molar-refractivity contribution in [1.82, 2.24) is 16.2 Å². The second kappa shape index (κ2) is 11.4. The molecule has 0 heterocycles. The van der Waals surface area contributed by atoms with Gasteiger partial charge in [-0.25, -0.2) is 0 Å². The van der Waals surface area contributed by atoms with E-state index < -0.39 is 23.8 Å². The van der Waals surface area contributed by atoms with E-state index in [9.17, 15) is 14.4 Å². The van der Waals surface area contributed by atoms with E-state index in [0.29, 0.717) is 11.5 Å². The highest BCUT2D eigenvalue weighted by molar-refractivity contribution is 5.95. The van der Waals surface area contributed by atoms with E-state index in [0.717, 1.165) is 16.7 Å². The van der Waals surface area contributed by atoms with Gasteiger partial charge in [0.1, 0.15) is 17.5 Å². The quantitative estimate of drug-likeness (QED) is 0.443. The second-order valence-corrected chi connectivity index (χ2v) is 6.93. The van der Waals surface area contributed by atoms with Gasteiger partial charge in [0.05, 0.1) is 7.11 Å². The molecule has 2 aromatic carbocycles. The highest BCUT2D eigenvalue weighted by Gasteiger charge is 2.15. The first kappa shape index (κ1) is 23.5. The number of hydrogen-bond acceptors (Lipinski definition) is 5. The molecule has 0 fully saturated rings. The first-order chi connectivity index (χ1) is 14.8. The van der Waals surface area contributed by atoms with Gasteiger partial charge in [0.15, 0.2) is 6.61 Å². The van der Waals surface area contributed by atoms with Crippen LogP contribution in [0.25, 0.3) is 6.08 Å². The van der Waals surface area contributed by atoms with Gasteiger partial charge in [-0.1, -0.05) is 24.3 Å². The molecule has 0 aliphatic heterocycles. The number of hydrazine groups is 1. The molecule has 2 rings (SSSR count). The normalized spacial score (nSPS) is 11.5. The largest absolute Gasteiger partial charge is 0.497 e. The maximum absolute atomic E-state index is 12.1. The standard InChI is InChI=1S/C23H27N3O5/c1-15-5-6-16(2)20(13-15)31-14-22(28)25-26-23(29)17(3)24-21(27)12-9-18-7-10-19(30-4)11-8-18/h5-13,17H,14H2,1-4H3,(H,24,27)(H,25,28)(H,26,29)/b12-9+. The minimum Gasteiger partial charge on any atom is -0.497 e. The van der Waals surface area contributed by atoms with Gasteiger partial charge in [0, 0.05) is 6.08 Å². The summed E-state index contributed by atoms with van der Waals surface area (Å²) in [5.74, 6) is -0.208. The van der Waals surface area contributed by atoms with Gasteiger partial charge in [-0.15, -0.1) is 0 Å². The van der Waals surface area contributed by atoms with Gasteiger partial charge >= 0.3 is 0 Å². The first-order valence-electron chi connectivity index (χ1n) is 9.70. The van der Waals surface area contributed by atoms with Gasteiger partial charge in [-0.05, 0) is 61.7 Å². The fourth-order valence-corrected chi connectivity index (χ4v) is 2.50. The molecule has 1 atom stereocenters. The lowest BCUT2D eigenvalue weighted by molar-refractivity contribution is -0.131. The summed E-state index contributed by atoms with van der Waals surface area (Å²) in [7, 11) is 1.57. The molecular weight excluding hydrogens is 398 g/mol. The van der Waals surface area contributed by atoms with Crippen molar-refractivity contribution in [3.63, 3.8) is 0 Å². The third-order valence-electron chi connectivity index (χ3n) is 4.32. The van der Waals surface area contributed by atoms with E-state index in [1.54, 1.807) is 37.5 Å². The van der Waals surface area contributed by atoms with Crippen LogP contribution in [0.3, 0.4) is 0 Å². The smallest absolute Gasteiger partial charge is 0.276 e. The minimum atomic E-state index is -0.853. The minimum absolute atomic E-state index is 0.254. The number of rotatable bonds is 8. The van der Waals surface area contributed by atoms with Crippen LogP contribution in [0, 0.1) is 13.8 Å². The van der Waals surface area contributed by atoms with E-state index in [1.807, 2.05) is 32.0 Å². The summed E-state index contributed by atoms with van der Waals surface area (Å²) in [5, 5.41) is 2.52. The average molecular weight is 425 g/mol. The number of carbonyl (C=O) groups excluding carboxylic acids is 3. The monoisotopic (exact) mass is 425 g/mol. The number of methoxy groups -OCH3 is 1. The van der Waals surface area contributed by atoms with Crippen molar-refractivity contribution < 1.29 is 23.9 Å². The Bertz CT molecular complexity index is 954. The molecule has 0 saturated carbocycles. The molecule has 1 unspecified atom stereocenters. The lowest BCUT2D eigenvalue weighted by atomic mass is 10.1. The molecule has 8 heteroatoms. The molecule has 3 amide bonds. The lowest BCUT2D eigenvalue weighted by Crippen LogP contribution is -2.51. The highest BCUT2D eigenvalue weighted by atomic mass is 16.5. The summed E-state index contributed by atoms with van der Waals surface area (Å²) in [6.07, 6.45) is 2.94. The zero-order chi connectivity index (χ0) is 22.8. The van der Waals surface area contributed by atoms with Crippen molar-refractivity contribution >= 4 is 23.8 Å².